The van der Waals surface area contributed by atoms with Crippen LogP contribution in [0.1, 0.15) is 77.6 Å². The number of esters is 1. The molecule has 1 aliphatic carbocycles. The first-order valence-corrected chi connectivity index (χ1v) is 9.88. The fraction of sp³-hybridized carbons (Fsp3) is 0.762. The predicted octanol–water partition coefficient (Wildman–Crippen LogP) is 5.08. The van der Waals surface area contributed by atoms with Crippen molar-refractivity contribution in [3.8, 4) is 0 Å². The maximum Gasteiger partial charge on any atom is 0.305 e. The summed E-state index contributed by atoms with van der Waals surface area (Å²) in [5.74, 6) is 0.622. The molecule has 0 aliphatic heterocycles. The summed E-state index contributed by atoms with van der Waals surface area (Å²) in [5, 5.41) is 20.4. The molecule has 0 radical (unpaired) electrons. The highest BCUT2D eigenvalue weighted by Crippen LogP contribution is 2.37. The summed E-state index contributed by atoms with van der Waals surface area (Å²) in [7, 11) is 1.39. The average molecular weight is 353 g/mol. The van der Waals surface area contributed by atoms with Crippen LogP contribution in [0.15, 0.2) is 24.0 Å². The van der Waals surface area contributed by atoms with Gasteiger partial charge >= 0.3 is 5.97 Å². The van der Waals surface area contributed by atoms with Gasteiger partial charge in [-0.3, -0.25) is 4.79 Å². The van der Waals surface area contributed by atoms with Gasteiger partial charge in [-0.15, -0.1) is 0 Å². The molecule has 3 atom stereocenters. The maximum absolute atomic E-state index is 11.1. The number of carbonyl (C=O) groups excluding carboxylic acids is 1. The van der Waals surface area contributed by atoms with E-state index in [0.29, 0.717) is 37.4 Å². The molecule has 2 unspecified atom stereocenters. The van der Waals surface area contributed by atoms with Gasteiger partial charge in [-0.25, -0.2) is 0 Å². The SMILES string of the molecule is CCCCCC/C=C/C1C(O)CC[C@@H]1C/C(O)=C/CCCC(=O)OC. The Kier molecular flexibility index (Phi) is 11.3. The molecule has 1 fully saturated rings. The normalized spacial score (nSPS) is 24.1. The Hall–Kier alpha value is -1.29. The van der Waals surface area contributed by atoms with Crippen molar-refractivity contribution in [3.05, 3.63) is 24.0 Å². The number of hydrogen-bond acceptors (Lipinski definition) is 4. The number of ether oxygens (including phenoxy) is 1. The van der Waals surface area contributed by atoms with Crippen LogP contribution in [-0.4, -0.2) is 29.4 Å². The van der Waals surface area contributed by atoms with Crippen molar-refractivity contribution < 1.29 is 19.7 Å². The van der Waals surface area contributed by atoms with Gasteiger partial charge < -0.3 is 14.9 Å². The van der Waals surface area contributed by atoms with E-state index in [-0.39, 0.29) is 18.0 Å². The molecule has 1 rings (SSSR count). The lowest BCUT2D eigenvalue weighted by Crippen LogP contribution is -2.17. The molecule has 4 heteroatoms. The summed E-state index contributed by atoms with van der Waals surface area (Å²) in [5.41, 5.74) is 0. The lowest BCUT2D eigenvalue weighted by Gasteiger charge is -2.18. The van der Waals surface area contributed by atoms with Crippen LogP contribution in [0, 0.1) is 11.8 Å². The monoisotopic (exact) mass is 352 g/mol. The van der Waals surface area contributed by atoms with Crippen LogP contribution < -0.4 is 0 Å². The first kappa shape index (κ1) is 21.8. The zero-order valence-corrected chi connectivity index (χ0v) is 16.0. The molecule has 0 saturated heterocycles. The Morgan fingerprint density at radius 1 is 1.16 bits per heavy atom. The van der Waals surface area contributed by atoms with Crippen molar-refractivity contribution >= 4 is 5.97 Å². The topological polar surface area (TPSA) is 66.8 Å². The molecular weight excluding hydrogens is 316 g/mol. The average Bonchev–Trinajstić information content (AvgIpc) is 2.94. The predicted molar refractivity (Wildman–Crippen MR) is 101 cm³/mol. The molecule has 0 aromatic carbocycles. The zero-order chi connectivity index (χ0) is 18.5. The van der Waals surface area contributed by atoms with E-state index in [1.54, 1.807) is 6.08 Å². The number of hydrogen-bond donors (Lipinski definition) is 2. The van der Waals surface area contributed by atoms with Crippen LogP contribution in [0.4, 0.5) is 0 Å². The molecule has 0 amide bonds. The van der Waals surface area contributed by atoms with E-state index in [1.165, 1.54) is 32.8 Å². The molecular formula is C21H36O4. The smallest absolute Gasteiger partial charge is 0.305 e. The number of aliphatic hydroxyl groups excluding tert-OH is 2. The first-order chi connectivity index (χ1) is 12.1. The standard InChI is InChI=1S/C21H36O4/c1-3-4-5-6-7-8-12-19-17(14-15-20(19)23)16-18(22)11-9-10-13-21(24)25-2/h8,11-12,17,19-20,22-23H,3-7,9-10,13-16H2,1-2H3/b12-8+,18-11-/t17-,19?,20?/m1/s1. The van der Waals surface area contributed by atoms with E-state index in [4.69, 9.17) is 0 Å². The van der Waals surface area contributed by atoms with Gasteiger partial charge in [-0.1, -0.05) is 38.3 Å². The van der Waals surface area contributed by atoms with E-state index in [0.717, 1.165) is 19.3 Å². The Bertz CT molecular complexity index is 428. The first-order valence-electron chi connectivity index (χ1n) is 9.88. The summed E-state index contributed by atoms with van der Waals surface area (Å²) < 4.78 is 4.60. The maximum atomic E-state index is 11.1. The van der Waals surface area contributed by atoms with Gasteiger partial charge in [0.05, 0.1) is 19.0 Å². The third-order valence-electron chi connectivity index (χ3n) is 5.07. The molecule has 1 saturated carbocycles. The van der Waals surface area contributed by atoms with E-state index in [1.807, 2.05) is 0 Å². The second-order valence-electron chi connectivity index (χ2n) is 7.13. The van der Waals surface area contributed by atoms with Gasteiger partial charge in [0.25, 0.3) is 0 Å². The minimum absolute atomic E-state index is 0.150. The molecule has 0 heterocycles. The quantitative estimate of drug-likeness (QED) is 0.223. The van der Waals surface area contributed by atoms with Gasteiger partial charge in [-0.05, 0) is 50.5 Å². The second kappa shape index (κ2) is 13.0. The minimum atomic E-state index is -0.288. The summed E-state index contributed by atoms with van der Waals surface area (Å²) in [6.45, 7) is 2.21. The number of carbonyl (C=O) groups is 1. The third kappa shape index (κ3) is 9.10. The highest BCUT2D eigenvalue weighted by atomic mass is 16.5. The van der Waals surface area contributed by atoms with Crippen molar-refractivity contribution in [2.75, 3.05) is 7.11 Å². The fourth-order valence-corrected chi connectivity index (χ4v) is 3.52. The molecule has 1 aliphatic rings. The third-order valence-corrected chi connectivity index (χ3v) is 5.07. The van der Waals surface area contributed by atoms with Crippen molar-refractivity contribution in [1.29, 1.82) is 0 Å². The van der Waals surface area contributed by atoms with E-state index in [9.17, 15) is 15.0 Å². The highest BCUT2D eigenvalue weighted by molar-refractivity contribution is 5.69. The van der Waals surface area contributed by atoms with Gasteiger partial charge in [0.1, 0.15) is 0 Å². The molecule has 0 bridgehead atoms. The fourth-order valence-electron chi connectivity index (χ4n) is 3.52. The molecule has 0 spiro atoms. The summed E-state index contributed by atoms with van der Waals surface area (Å²) in [4.78, 5) is 11.1. The molecule has 144 valence electrons. The Morgan fingerprint density at radius 3 is 2.68 bits per heavy atom. The van der Waals surface area contributed by atoms with Gasteiger partial charge in [-0.2, -0.15) is 0 Å². The largest absolute Gasteiger partial charge is 0.513 e. The summed E-state index contributed by atoms with van der Waals surface area (Å²) in [6.07, 6.45) is 16.1. The molecule has 2 N–H and O–H groups in total. The number of methoxy groups -OCH3 is 1. The molecule has 0 aromatic heterocycles. The van der Waals surface area contributed by atoms with Crippen LogP contribution in [-0.2, 0) is 9.53 Å². The zero-order valence-electron chi connectivity index (χ0n) is 16.0. The van der Waals surface area contributed by atoms with Crippen LogP contribution in [0.3, 0.4) is 0 Å². The second-order valence-corrected chi connectivity index (χ2v) is 7.13. The summed E-state index contributed by atoms with van der Waals surface area (Å²) in [6, 6.07) is 0. The van der Waals surface area contributed by atoms with E-state index < -0.39 is 0 Å². The van der Waals surface area contributed by atoms with E-state index in [2.05, 4.69) is 23.8 Å². The van der Waals surface area contributed by atoms with Crippen LogP contribution in [0.25, 0.3) is 0 Å². The Labute approximate surface area is 153 Å². The molecule has 25 heavy (non-hydrogen) atoms. The lowest BCUT2D eigenvalue weighted by atomic mass is 9.90. The van der Waals surface area contributed by atoms with Crippen LogP contribution in [0.5, 0.6) is 0 Å². The van der Waals surface area contributed by atoms with Crippen molar-refractivity contribution in [1.82, 2.24) is 0 Å². The molecule has 4 nitrogen and oxygen atoms in total. The molecule has 0 aromatic rings. The number of rotatable bonds is 12. The number of aliphatic hydroxyl groups is 2. The number of unbranched alkanes of at least 4 members (excludes halogenated alkanes) is 5. The van der Waals surface area contributed by atoms with Gasteiger partial charge in [0.15, 0.2) is 0 Å². The summed E-state index contributed by atoms with van der Waals surface area (Å²) >= 11 is 0. The van der Waals surface area contributed by atoms with Crippen molar-refractivity contribution in [2.45, 2.75) is 83.7 Å². The highest BCUT2D eigenvalue weighted by Gasteiger charge is 2.33. The van der Waals surface area contributed by atoms with E-state index >= 15 is 0 Å². The minimum Gasteiger partial charge on any atom is -0.513 e. The number of allylic oxidation sites excluding steroid dienone is 3. The van der Waals surface area contributed by atoms with Gasteiger partial charge in [0.2, 0.25) is 0 Å². The van der Waals surface area contributed by atoms with Crippen LogP contribution >= 0.6 is 0 Å². The van der Waals surface area contributed by atoms with Gasteiger partial charge in [0, 0.05) is 18.8 Å². The van der Waals surface area contributed by atoms with Crippen molar-refractivity contribution in [2.24, 2.45) is 11.8 Å². The lowest BCUT2D eigenvalue weighted by molar-refractivity contribution is -0.140. The Balaban J connectivity index is 2.36. The Morgan fingerprint density at radius 2 is 1.96 bits per heavy atom. The van der Waals surface area contributed by atoms with Crippen LogP contribution in [0.2, 0.25) is 0 Å². The van der Waals surface area contributed by atoms with Crippen molar-refractivity contribution in [3.63, 3.8) is 0 Å².